The smallest absolute Gasteiger partial charge is 0.241 e. The summed E-state index contributed by atoms with van der Waals surface area (Å²) in [5, 5.41) is 6.14. The van der Waals surface area contributed by atoms with Gasteiger partial charge >= 0.3 is 0 Å². The number of hydrogen-bond acceptors (Lipinski definition) is 4. The maximum Gasteiger partial charge on any atom is 0.241 e. The zero-order chi connectivity index (χ0) is 16.2. The second-order valence-electron chi connectivity index (χ2n) is 5.89. The van der Waals surface area contributed by atoms with Crippen LogP contribution in [0, 0.1) is 13.8 Å². The molecule has 1 aliphatic heterocycles. The van der Waals surface area contributed by atoms with Crippen LogP contribution in [0.15, 0.2) is 36.5 Å². The number of benzene rings is 1. The molecule has 1 aliphatic rings. The molecule has 2 N–H and O–H groups in total. The minimum absolute atomic E-state index is 0.00554. The van der Waals surface area contributed by atoms with Crippen molar-refractivity contribution in [3.8, 4) is 11.6 Å². The monoisotopic (exact) mass is 311 g/mol. The Labute approximate surface area is 136 Å². The van der Waals surface area contributed by atoms with Gasteiger partial charge in [-0.1, -0.05) is 6.07 Å². The maximum absolute atomic E-state index is 12.2. The molecule has 1 aromatic carbocycles. The molecular weight excluding hydrogens is 290 g/mol. The number of aryl methyl sites for hydroxylation is 2. The molecule has 2 heterocycles. The van der Waals surface area contributed by atoms with Crippen LogP contribution >= 0.6 is 0 Å². The van der Waals surface area contributed by atoms with E-state index < -0.39 is 0 Å². The van der Waals surface area contributed by atoms with E-state index in [0.29, 0.717) is 11.6 Å². The Bertz CT molecular complexity index is 709. The van der Waals surface area contributed by atoms with Crippen LogP contribution < -0.4 is 15.4 Å². The van der Waals surface area contributed by atoms with Crippen molar-refractivity contribution in [2.75, 3.05) is 11.9 Å². The maximum atomic E-state index is 12.2. The number of nitrogens with zero attached hydrogens (tertiary/aromatic N) is 1. The normalized spacial score (nSPS) is 17.0. The summed E-state index contributed by atoms with van der Waals surface area (Å²) < 4.78 is 5.86. The molecule has 0 saturated carbocycles. The van der Waals surface area contributed by atoms with E-state index in [1.165, 1.54) is 0 Å². The van der Waals surface area contributed by atoms with Crippen LogP contribution in [0.4, 0.5) is 5.69 Å². The zero-order valence-electron chi connectivity index (χ0n) is 13.4. The lowest BCUT2D eigenvalue weighted by Crippen LogP contribution is -2.35. The number of carbonyl (C=O) groups excluding carboxylic acids is 1. The highest BCUT2D eigenvalue weighted by Crippen LogP contribution is 2.27. The summed E-state index contributed by atoms with van der Waals surface area (Å²) >= 11 is 0. The number of hydrogen-bond donors (Lipinski definition) is 2. The molecule has 1 amide bonds. The van der Waals surface area contributed by atoms with E-state index in [0.717, 1.165) is 36.2 Å². The first-order chi connectivity index (χ1) is 11.1. The Morgan fingerprint density at radius 2 is 2.17 bits per heavy atom. The van der Waals surface area contributed by atoms with Gasteiger partial charge in [0.25, 0.3) is 0 Å². The minimum atomic E-state index is -0.0980. The van der Waals surface area contributed by atoms with Crippen LogP contribution in [-0.2, 0) is 4.79 Å². The largest absolute Gasteiger partial charge is 0.439 e. The Kier molecular flexibility index (Phi) is 4.57. The fraction of sp³-hybridized carbons (Fsp3) is 0.333. The van der Waals surface area contributed by atoms with E-state index in [1.807, 2.05) is 44.2 Å². The molecule has 1 aromatic heterocycles. The number of nitrogens with one attached hydrogen (secondary N) is 2. The summed E-state index contributed by atoms with van der Waals surface area (Å²) in [7, 11) is 0. The highest BCUT2D eigenvalue weighted by Gasteiger charge is 2.22. The molecule has 1 saturated heterocycles. The third-order valence-electron chi connectivity index (χ3n) is 3.94. The summed E-state index contributed by atoms with van der Waals surface area (Å²) in [4.78, 5) is 16.4. The molecule has 23 heavy (non-hydrogen) atoms. The quantitative estimate of drug-likeness (QED) is 0.910. The molecular formula is C18H21N3O2. The highest BCUT2D eigenvalue weighted by atomic mass is 16.5. The van der Waals surface area contributed by atoms with E-state index in [4.69, 9.17) is 4.74 Å². The highest BCUT2D eigenvalue weighted by molar-refractivity contribution is 5.95. The van der Waals surface area contributed by atoms with Gasteiger partial charge in [-0.15, -0.1) is 0 Å². The van der Waals surface area contributed by atoms with Gasteiger partial charge in [0.2, 0.25) is 11.8 Å². The molecule has 120 valence electrons. The first-order valence-electron chi connectivity index (χ1n) is 7.87. The standard InChI is InChI=1S/C18H21N3O2/c1-12-7-9-20-17(10-12)23-16-11-14(6-5-13(16)2)21-18(22)15-4-3-8-19-15/h5-7,9-11,15,19H,3-4,8H2,1-2H3,(H,21,22). The van der Waals surface area contributed by atoms with Gasteiger partial charge < -0.3 is 15.4 Å². The van der Waals surface area contributed by atoms with Crippen molar-refractivity contribution >= 4 is 11.6 Å². The van der Waals surface area contributed by atoms with Gasteiger partial charge in [-0.3, -0.25) is 4.79 Å². The molecule has 5 heteroatoms. The number of anilines is 1. The van der Waals surface area contributed by atoms with Crippen LogP contribution in [0.1, 0.15) is 24.0 Å². The Hall–Kier alpha value is -2.40. The van der Waals surface area contributed by atoms with Crippen LogP contribution in [0.3, 0.4) is 0 Å². The average molecular weight is 311 g/mol. The number of rotatable bonds is 4. The van der Waals surface area contributed by atoms with Gasteiger partial charge in [-0.25, -0.2) is 4.98 Å². The lowest BCUT2D eigenvalue weighted by Gasteiger charge is -2.13. The molecule has 3 rings (SSSR count). The summed E-state index contributed by atoms with van der Waals surface area (Å²) in [6.07, 6.45) is 3.64. The van der Waals surface area contributed by atoms with E-state index in [-0.39, 0.29) is 11.9 Å². The summed E-state index contributed by atoms with van der Waals surface area (Å²) in [6.45, 7) is 4.86. The van der Waals surface area contributed by atoms with E-state index in [1.54, 1.807) is 6.20 Å². The minimum Gasteiger partial charge on any atom is -0.439 e. The van der Waals surface area contributed by atoms with Gasteiger partial charge in [0.15, 0.2) is 0 Å². The number of ether oxygens (including phenoxy) is 1. The summed E-state index contributed by atoms with van der Waals surface area (Å²) in [5.74, 6) is 1.25. The SMILES string of the molecule is Cc1ccnc(Oc2cc(NC(=O)C3CCCN3)ccc2C)c1. The first-order valence-corrected chi connectivity index (χ1v) is 7.87. The number of pyridine rings is 1. The first kappa shape index (κ1) is 15.5. The van der Waals surface area contributed by atoms with Gasteiger partial charge in [0.05, 0.1) is 6.04 Å². The van der Waals surface area contributed by atoms with Crippen LogP contribution in [0.25, 0.3) is 0 Å². The molecule has 0 aliphatic carbocycles. The lowest BCUT2D eigenvalue weighted by atomic mass is 10.2. The van der Waals surface area contributed by atoms with Gasteiger partial charge in [0, 0.05) is 24.0 Å². The van der Waals surface area contributed by atoms with Crippen LogP contribution in [-0.4, -0.2) is 23.5 Å². The van der Waals surface area contributed by atoms with Gasteiger partial charge in [-0.05, 0) is 56.5 Å². The van der Waals surface area contributed by atoms with Gasteiger partial charge in [0.1, 0.15) is 5.75 Å². The number of aromatic nitrogens is 1. The summed E-state index contributed by atoms with van der Waals surface area (Å²) in [5.41, 5.74) is 2.81. The van der Waals surface area contributed by atoms with Crippen LogP contribution in [0.5, 0.6) is 11.6 Å². The lowest BCUT2D eigenvalue weighted by molar-refractivity contribution is -0.117. The van der Waals surface area contributed by atoms with Crippen molar-refractivity contribution in [3.05, 3.63) is 47.7 Å². The van der Waals surface area contributed by atoms with Crippen molar-refractivity contribution in [1.82, 2.24) is 10.3 Å². The molecule has 0 spiro atoms. The number of carbonyl (C=O) groups is 1. The summed E-state index contributed by atoms with van der Waals surface area (Å²) in [6, 6.07) is 9.37. The fourth-order valence-corrected chi connectivity index (χ4v) is 2.60. The molecule has 0 radical (unpaired) electrons. The fourth-order valence-electron chi connectivity index (χ4n) is 2.60. The van der Waals surface area contributed by atoms with Crippen molar-refractivity contribution < 1.29 is 9.53 Å². The molecule has 1 atom stereocenters. The number of amides is 1. The second-order valence-corrected chi connectivity index (χ2v) is 5.89. The van der Waals surface area contributed by atoms with Crippen molar-refractivity contribution in [2.45, 2.75) is 32.7 Å². The second kappa shape index (κ2) is 6.79. The molecule has 0 bridgehead atoms. The zero-order valence-corrected chi connectivity index (χ0v) is 13.4. The predicted octanol–water partition coefficient (Wildman–Crippen LogP) is 3.18. The third-order valence-corrected chi connectivity index (χ3v) is 3.94. The Balaban J connectivity index is 1.74. The van der Waals surface area contributed by atoms with Crippen LogP contribution in [0.2, 0.25) is 0 Å². The van der Waals surface area contributed by atoms with Crippen molar-refractivity contribution in [1.29, 1.82) is 0 Å². The van der Waals surface area contributed by atoms with E-state index in [2.05, 4.69) is 15.6 Å². The van der Waals surface area contributed by atoms with Crippen molar-refractivity contribution in [3.63, 3.8) is 0 Å². The Morgan fingerprint density at radius 1 is 1.30 bits per heavy atom. The Morgan fingerprint density at radius 3 is 2.91 bits per heavy atom. The van der Waals surface area contributed by atoms with Gasteiger partial charge in [-0.2, -0.15) is 0 Å². The molecule has 1 fully saturated rings. The van der Waals surface area contributed by atoms with E-state index >= 15 is 0 Å². The third kappa shape index (κ3) is 3.87. The predicted molar refractivity (Wildman–Crippen MR) is 89.9 cm³/mol. The van der Waals surface area contributed by atoms with Crippen molar-refractivity contribution in [2.24, 2.45) is 0 Å². The topological polar surface area (TPSA) is 63.2 Å². The molecule has 2 aromatic rings. The average Bonchev–Trinajstić information content (AvgIpc) is 3.05. The molecule has 1 unspecified atom stereocenters. The van der Waals surface area contributed by atoms with E-state index in [9.17, 15) is 4.79 Å². The molecule has 5 nitrogen and oxygen atoms in total.